The molecule has 3 amide bonds. The summed E-state index contributed by atoms with van der Waals surface area (Å²) in [6, 6.07) is 17.9. The van der Waals surface area contributed by atoms with Crippen LogP contribution in [0.2, 0.25) is 0 Å². The lowest BCUT2D eigenvalue weighted by molar-refractivity contribution is -0.130. The molecule has 3 aromatic rings. The summed E-state index contributed by atoms with van der Waals surface area (Å²) in [6.07, 6.45) is 3.46. The number of thiazole rings is 1. The molecule has 0 aliphatic carbocycles. The Hall–Kier alpha value is -3.54. The molecule has 42 heavy (non-hydrogen) atoms. The van der Waals surface area contributed by atoms with Crippen LogP contribution in [-0.4, -0.2) is 63.4 Å². The Bertz CT molecular complexity index is 1420. The maximum Gasteiger partial charge on any atom is 0.280 e. The topological polar surface area (TPSA) is 130 Å². The van der Waals surface area contributed by atoms with Gasteiger partial charge in [0.15, 0.2) is 10.8 Å². The Kier molecular flexibility index (Phi) is 9.40. The van der Waals surface area contributed by atoms with Gasteiger partial charge >= 0.3 is 0 Å². The van der Waals surface area contributed by atoms with Gasteiger partial charge in [0.2, 0.25) is 11.8 Å². The highest BCUT2D eigenvalue weighted by Gasteiger charge is 2.50. The first-order valence-electron chi connectivity index (χ1n) is 14.0. The average molecular weight is 607 g/mol. The van der Waals surface area contributed by atoms with Gasteiger partial charge in [-0.3, -0.25) is 19.2 Å². The van der Waals surface area contributed by atoms with Crippen molar-refractivity contribution in [3.8, 4) is 0 Å². The second kappa shape index (κ2) is 13.2. The number of rotatable bonds is 13. The molecule has 4 unspecified atom stereocenters. The summed E-state index contributed by atoms with van der Waals surface area (Å²) >= 11 is 2.61. The quantitative estimate of drug-likeness (QED) is 0.255. The van der Waals surface area contributed by atoms with Crippen molar-refractivity contribution < 1.29 is 23.9 Å². The van der Waals surface area contributed by atoms with Gasteiger partial charge in [0.1, 0.15) is 11.6 Å². The Balaban J connectivity index is 1.16. The van der Waals surface area contributed by atoms with Crippen molar-refractivity contribution in [1.29, 1.82) is 0 Å². The van der Waals surface area contributed by atoms with E-state index in [4.69, 9.17) is 4.74 Å². The number of amides is 3. The molecule has 3 N–H and O–H groups in total. The number of ether oxygens (including phenoxy) is 1. The molecule has 3 heterocycles. The van der Waals surface area contributed by atoms with Gasteiger partial charge in [-0.25, -0.2) is 4.98 Å². The fourth-order valence-corrected chi connectivity index (χ4v) is 6.44. The van der Waals surface area contributed by atoms with Crippen LogP contribution in [0.4, 0.5) is 0 Å². The Morgan fingerprint density at radius 2 is 1.64 bits per heavy atom. The van der Waals surface area contributed by atoms with E-state index >= 15 is 0 Å². The van der Waals surface area contributed by atoms with Crippen molar-refractivity contribution in [2.24, 2.45) is 0 Å². The smallest absolute Gasteiger partial charge is 0.280 e. The van der Waals surface area contributed by atoms with Gasteiger partial charge in [-0.1, -0.05) is 60.7 Å². The second-order valence-corrected chi connectivity index (χ2v) is 13.5. The third-order valence-electron chi connectivity index (χ3n) is 7.37. The van der Waals surface area contributed by atoms with Crippen LogP contribution in [0.15, 0.2) is 66.9 Å². The van der Waals surface area contributed by atoms with Crippen molar-refractivity contribution in [2.45, 2.75) is 67.8 Å². The van der Waals surface area contributed by atoms with Crippen molar-refractivity contribution >= 4 is 46.6 Å². The van der Waals surface area contributed by atoms with Gasteiger partial charge in [0.25, 0.3) is 5.91 Å². The molecule has 11 heteroatoms. The summed E-state index contributed by atoms with van der Waals surface area (Å²) < 4.78 is 5.36. The predicted molar refractivity (Wildman–Crippen MR) is 162 cm³/mol. The fourth-order valence-electron chi connectivity index (χ4n) is 4.75. The number of epoxide rings is 1. The van der Waals surface area contributed by atoms with Crippen LogP contribution in [0.1, 0.15) is 45.6 Å². The largest absolute Gasteiger partial charge is 0.361 e. The summed E-state index contributed by atoms with van der Waals surface area (Å²) in [7, 11) is 0. The van der Waals surface area contributed by atoms with Gasteiger partial charge in [-0.15, -0.1) is 23.1 Å². The van der Waals surface area contributed by atoms with Gasteiger partial charge < -0.3 is 20.7 Å². The van der Waals surface area contributed by atoms with Crippen LogP contribution >= 0.6 is 23.1 Å². The molecule has 5 atom stereocenters. The number of thioether (sulfide) groups is 1. The Morgan fingerprint density at radius 1 is 1.00 bits per heavy atom. The number of hydrogen-bond donors (Lipinski definition) is 3. The van der Waals surface area contributed by atoms with E-state index in [2.05, 4.69) is 20.9 Å². The molecule has 0 saturated carbocycles. The van der Waals surface area contributed by atoms with E-state index in [1.54, 1.807) is 13.1 Å². The zero-order valence-electron chi connectivity index (χ0n) is 23.5. The molecule has 0 bridgehead atoms. The summed E-state index contributed by atoms with van der Waals surface area (Å²) in [5, 5.41) is 8.38. The van der Waals surface area contributed by atoms with E-state index in [1.807, 2.05) is 67.6 Å². The van der Waals surface area contributed by atoms with Gasteiger partial charge in [0.05, 0.1) is 23.3 Å². The molecular weight excluding hydrogens is 572 g/mol. The average Bonchev–Trinajstić information content (AvgIpc) is 3.57. The molecule has 0 radical (unpaired) electrons. The summed E-state index contributed by atoms with van der Waals surface area (Å²) in [6.45, 7) is 3.96. The highest BCUT2D eigenvalue weighted by atomic mass is 32.2. The molecule has 5 rings (SSSR count). The second-order valence-electron chi connectivity index (χ2n) is 10.8. The standard InChI is InChI=1S/C31H34N4O5S2/c1-19-17-32-30(41-19)29(39)33-22(14-13-20-9-5-3-6-10-20)27(37)35-25-16-24(42-25)28(38)34-23(26(36)31(2)18-40-31)15-21-11-7-4-8-12-21/h3-12,17,22-25H,13-16,18H2,1-2H3,(H,33,39)(H,34,38)(H,35,37)/t22?,23?,24?,25?,31-/m1/s1. The van der Waals surface area contributed by atoms with Crippen molar-refractivity contribution in [1.82, 2.24) is 20.9 Å². The summed E-state index contributed by atoms with van der Waals surface area (Å²) in [5.41, 5.74) is 1.16. The van der Waals surface area contributed by atoms with Crippen LogP contribution in [0.3, 0.4) is 0 Å². The highest BCUT2D eigenvalue weighted by molar-refractivity contribution is 8.02. The van der Waals surface area contributed by atoms with Crippen LogP contribution in [0.25, 0.3) is 0 Å². The minimum absolute atomic E-state index is 0.138. The lowest BCUT2D eigenvalue weighted by Crippen LogP contribution is -2.56. The zero-order chi connectivity index (χ0) is 29.7. The number of carbonyl (C=O) groups is 4. The highest BCUT2D eigenvalue weighted by Crippen LogP contribution is 2.35. The minimum atomic E-state index is -0.855. The molecule has 2 aliphatic heterocycles. The molecule has 9 nitrogen and oxygen atoms in total. The van der Waals surface area contributed by atoms with Gasteiger partial charge in [-0.05, 0) is 50.7 Å². The Morgan fingerprint density at radius 3 is 2.24 bits per heavy atom. The minimum Gasteiger partial charge on any atom is -0.361 e. The fraction of sp³-hybridized carbons (Fsp3) is 0.387. The first kappa shape index (κ1) is 29.9. The number of aromatic nitrogens is 1. The van der Waals surface area contributed by atoms with E-state index in [0.717, 1.165) is 16.0 Å². The number of nitrogens with zero attached hydrogens (tertiary/aromatic N) is 1. The van der Waals surface area contributed by atoms with Crippen LogP contribution in [0, 0.1) is 6.92 Å². The van der Waals surface area contributed by atoms with Crippen LogP contribution in [-0.2, 0) is 32.0 Å². The number of hydrogen-bond acceptors (Lipinski definition) is 8. The normalized spacial score (nSPS) is 22.2. The van der Waals surface area contributed by atoms with E-state index in [9.17, 15) is 19.2 Å². The van der Waals surface area contributed by atoms with E-state index in [-0.39, 0.29) is 28.9 Å². The molecule has 2 fully saturated rings. The number of Topliss-reactive ketones (excluding diaryl/α,β-unsaturated/α-hetero) is 1. The molecule has 2 aliphatic rings. The SMILES string of the molecule is Cc1cnc(C(=O)NC(CCc2ccccc2)C(=O)NC2CC(C(=O)NC(Cc3ccccc3)C(=O)[C@@]3(C)CO3)S2)s1. The van der Waals surface area contributed by atoms with E-state index in [0.29, 0.717) is 37.3 Å². The summed E-state index contributed by atoms with van der Waals surface area (Å²) in [4.78, 5) is 57.4. The molecule has 1 aromatic heterocycles. The molecule has 220 valence electrons. The zero-order valence-corrected chi connectivity index (χ0v) is 25.1. The number of benzene rings is 2. The Labute approximate surface area is 253 Å². The lowest BCUT2D eigenvalue weighted by atomic mass is 9.94. The van der Waals surface area contributed by atoms with Crippen molar-refractivity contribution in [3.05, 3.63) is 87.9 Å². The van der Waals surface area contributed by atoms with Crippen molar-refractivity contribution in [3.63, 3.8) is 0 Å². The molecular formula is C31H34N4O5S2. The number of carbonyl (C=O) groups excluding carboxylic acids is 4. The van der Waals surface area contributed by atoms with Crippen LogP contribution in [0.5, 0.6) is 0 Å². The lowest BCUT2D eigenvalue weighted by Gasteiger charge is -2.36. The van der Waals surface area contributed by atoms with Gasteiger partial charge in [-0.2, -0.15) is 0 Å². The molecule has 0 spiro atoms. The van der Waals surface area contributed by atoms with E-state index in [1.165, 1.54) is 23.1 Å². The predicted octanol–water partition coefficient (Wildman–Crippen LogP) is 3.22. The first-order chi connectivity index (χ1) is 20.2. The van der Waals surface area contributed by atoms with Crippen molar-refractivity contribution in [2.75, 3.05) is 6.61 Å². The molecule has 2 aromatic carbocycles. The first-order valence-corrected chi connectivity index (χ1v) is 15.7. The monoisotopic (exact) mass is 606 g/mol. The molecule has 2 saturated heterocycles. The van der Waals surface area contributed by atoms with E-state index < -0.39 is 22.9 Å². The third-order valence-corrected chi connectivity index (χ3v) is 9.65. The summed E-state index contributed by atoms with van der Waals surface area (Å²) in [5.74, 6) is -1.07. The van der Waals surface area contributed by atoms with Crippen LogP contribution < -0.4 is 16.0 Å². The number of nitrogens with one attached hydrogen (secondary N) is 3. The number of aryl methyl sites for hydroxylation is 2. The number of ketones is 1. The third kappa shape index (κ3) is 7.64. The maximum absolute atomic E-state index is 13.3. The van der Waals surface area contributed by atoms with Gasteiger partial charge in [0, 0.05) is 11.1 Å². The maximum atomic E-state index is 13.3.